The van der Waals surface area contributed by atoms with Gasteiger partial charge in [0, 0.05) is 24.9 Å². The fourth-order valence-electron chi connectivity index (χ4n) is 3.01. The van der Waals surface area contributed by atoms with Crippen molar-refractivity contribution in [1.29, 1.82) is 0 Å². The molecule has 0 bridgehead atoms. The zero-order valence-electron chi connectivity index (χ0n) is 15.0. The normalized spacial score (nSPS) is 11.0. The standard InChI is InChI=1S/C18H21N5O3/c1-11-14(6-7-15(24)22(3)9-13-5-4-8-26-13)12(2)23-10-20-16(17(19)25)18(23)21-11/h4-5,8,10H,6-7,9H2,1-3H3,(H2,19,25). The summed E-state index contributed by atoms with van der Waals surface area (Å²) in [5, 5.41) is 0. The Balaban J connectivity index is 1.76. The predicted molar refractivity (Wildman–Crippen MR) is 94.5 cm³/mol. The highest BCUT2D eigenvalue weighted by Gasteiger charge is 2.18. The molecule has 0 fully saturated rings. The highest BCUT2D eigenvalue weighted by Crippen LogP contribution is 2.19. The second-order valence-corrected chi connectivity index (χ2v) is 6.24. The van der Waals surface area contributed by atoms with Gasteiger partial charge in [0.05, 0.1) is 12.8 Å². The zero-order chi connectivity index (χ0) is 18.8. The number of aryl methyl sites for hydroxylation is 2. The van der Waals surface area contributed by atoms with E-state index in [9.17, 15) is 9.59 Å². The molecule has 3 rings (SSSR count). The number of aromatic nitrogens is 3. The molecule has 0 radical (unpaired) electrons. The Hall–Kier alpha value is -3.16. The number of fused-ring (bicyclic) bond motifs is 1. The molecule has 0 saturated heterocycles. The first kappa shape index (κ1) is 17.7. The third-order valence-electron chi connectivity index (χ3n) is 4.47. The lowest BCUT2D eigenvalue weighted by Crippen LogP contribution is -2.26. The number of imidazole rings is 1. The van der Waals surface area contributed by atoms with Gasteiger partial charge >= 0.3 is 0 Å². The van der Waals surface area contributed by atoms with E-state index in [4.69, 9.17) is 10.2 Å². The molecule has 3 aromatic rings. The van der Waals surface area contributed by atoms with Gasteiger partial charge in [0.2, 0.25) is 5.91 Å². The van der Waals surface area contributed by atoms with E-state index in [1.807, 2.05) is 19.9 Å². The van der Waals surface area contributed by atoms with E-state index in [0.717, 1.165) is 22.7 Å². The number of primary amides is 1. The van der Waals surface area contributed by atoms with Crippen molar-refractivity contribution in [1.82, 2.24) is 19.3 Å². The Kier molecular flexibility index (Phi) is 4.75. The van der Waals surface area contributed by atoms with Crippen LogP contribution in [0.5, 0.6) is 0 Å². The molecule has 0 aliphatic heterocycles. The van der Waals surface area contributed by atoms with Crippen LogP contribution in [-0.2, 0) is 17.8 Å². The van der Waals surface area contributed by atoms with Crippen LogP contribution in [-0.4, -0.2) is 38.1 Å². The summed E-state index contributed by atoms with van der Waals surface area (Å²) in [6.45, 7) is 4.21. The van der Waals surface area contributed by atoms with Gasteiger partial charge in [-0.25, -0.2) is 9.97 Å². The van der Waals surface area contributed by atoms with E-state index < -0.39 is 5.91 Å². The molecule has 0 spiro atoms. The molecule has 0 unspecified atom stereocenters. The SMILES string of the molecule is Cc1nc2c(C(N)=O)ncn2c(C)c1CCC(=O)N(C)Cc1ccco1. The van der Waals surface area contributed by atoms with Gasteiger partial charge in [-0.1, -0.05) is 0 Å². The fraction of sp³-hybridized carbons (Fsp3) is 0.333. The van der Waals surface area contributed by atoms with E-state index in [0.29, 0.717) is 25.0 Å². The highest BCUT2D eigenvalue weighted by atomic mass is 16.3. The van der Waals surface area contributed by atoms with Crippen molar-refractivity contribution >= 4 is 17.5 Å². The summed E-state index contributed by atoms with van der Waals surface area (Å²) < 4.78 is 7.01. The molecule has 0 aliphatic rings. The van der Waals surface area contributed by atoms with Crippen molar-refractivity contribution in [3.63, 3.8) is 0 Å². The molecule has 0 saturated carbocycles. The topological polar surface area (TPSA) is 107 Å². The molecule has 2 amide bonds. The molecule has 136 valence electrons. The highest BCUT2D eigenvalue weighted by molar-refractivity contribution is 5.96. The molecule has 8 heteroatoms. The average Bonchev–Trinajstić information content (AvgIpc) is 3.23. The number of carbonyl (C=O) groups excluding carboxylic acids is 2. The summed E-state index contributed by atoms with van der Waals surface area (Å²) in [5.41, 5.74) is 8.55. The molecular weight excluding hydrogens is 334 g/mol. The number of furan rings is 1. The minimum atomic E-state index is -0.610. The first-order chi connectivity index (χ1) is 12.4. The van der Waals surface area contributed by atoms with Gasteiger partial charge in [-0.15, -0.1) is 0 Å². The summed E-state index contributed by atoms with van der Waals surface area (Å²) in [5.74, 6) is 0.152. The van der Waals surface area contributed by atoms with Crippen molar-refractivity contribution in [2.45, 2.75) is 33.2 Å². The second kappa shape index (κ2) is 6.99. The minimum absolute atomic E-state index is 0.0174. The van der Waals surface area contributed by atoms with Crippen LogP contribution in [0.3, 0.4) is 0 Å². The monoisotopic (exact) mass is 355 g/mol. The van der Waals surface area contributed by atoms with Crippen molar-refractivity contribution in [2.75, 3.05) is 7.05 Å². The van der Waals surface area contributed by atoms with Crippen LogP contribution in [0, 0.1) is 13.8 Å². The number of nitrogens with zero attached hydrogens (tertiary/aromatic N) is 4. The third kappa shape index (κ3) is 3.30. The van der Waals surface area contributed by atoms with E-state index in [-0.39, 0.29) is 11.6 Å². The van der Waals surface area contributed by atoms with Gasteiger partial charge in [-0.3, -0.25) is 14.0 Å². The number of amides is 2. The Morgan fingerprint density at radius 1 is 1.35 bits per heavy atom. The molecule has 2 N–H and O–H groups in total. The lowest BCUT2D eigenvalue weighted by atomic mass is 10.1. The largest absolute Gasteiger partial charge is 0.467 e. The van der Waals surface area contributed by atoms with Gasteiger partial charge in [0.1, 0.15) is 12.1 Å². The molecule has 3 heterocycles. The Morgan fingerprint density at radius 3 is 2.77 bits per heavy atom. The van der Waals surface area contributed by atoms with E-state index in [1.165, 1.54) is 6.33 Å². The maximum atomic E-state index is 12.4. The number of rotatable bonds is 6. The predicted octanol–water partition coefficient (Wildman–Crippen LogP) is 1.63. The van der Waals surface area contributed by atoms with Crippen molar-refractivity contribution in [3.8, 4) is 0 Å². The summed E-state index contributed by atoms with van der Waals surface area (Å²) in [6, 6.07) is 3.64. The molecule has 8 nitrogen and oxygen atoms in total. The van der Waals surface area contributed by atoms with E-state index in [2.05, 4.69) is 9.97 Å². The van der Waals surface area contributed by atoms with Gasteiger partial charge in [-0.05, 0) is 38.0 Å². The number of hydrogen-bond donors (Lipinski definition) is 1. The second-order valence-electron chi connectivity index (χ2n) is 6.24. The maximum Gasteiger partial charge on any atom is 0.271 e. The van der Waals surface area contributed by atoms with Crippen LogP contribution in [0.1, 0.15) is 39.6 Å². The lowest BCUT2D eigenvalue weighted by Gasteiger charge is -2.17. The van der Waals surface area contributed by atoms with Crippen LogP contribution >= 0.6 is 0 Å². The Morgan fingerprint density at radius 2 is 2.12 bits per heavy atom. The van der Waals surface area contributed by atoms with Crippen molar-refractivity contribution in [3.05, 3.63) is 53.1 Å². The van der Waals surface area contributed by atoms with Crippen LogP contribution in [0.25, 0.3) is 5.65 Å². The summed E-state index contributed by atoms with van der Waals surface area (Å²) >= 11 is 0. The number of nitrogens with two attached hydrogens (primary N) is 1. The Bertz CT molecular complexity index is 959. The van der Waals surface area contributed by atoms with Crippen LogP contribution < -0.4 is 5.73 Å². The smallest absolute Gasteiger partial charge is 0.271 e. The summed E-state index contributed by atoms with van der Waals surface area (Å²) in [4.78, 5) is 34.0. The van der Waals surface area contributed by atoms with Gasteiger partial charge < -0.3 is 15.1 Å². The average molecular weight is 355 g/mol. The van der Waals surface area contributed by atoms with E-state index in [1.54, 1.807) is 28.7 Å². The maximum absolute atomic E-state index is 12.4. The van der Waals surface area contributed by atoms with Gasteiger partial charge in [0.15, 0.2) is 11.3 Å². The third-order valence-corrected chi connectivity index (χ3v) is 4.47. The summed E-state index contributed by atoms with van der Waals surface area (Å²) in [6.07, 6.45) is 4.02. The summed E-state index contributed by atoms with van der Waals surface area (Å²) in [7, 11) is 1.75. The lowest BCUT2D eigenvalue weighted by molar-refractivity contribution is -0.130. The molecule has 3 aromatic heterocycles. The number of carbonyl (C=O) groups is 2. The zero-order valence-corrected chi connectivity index (χ0v) is 15.0. The number of hydrogen-bond acceptors (Lipinski definition) is 5. The Labute approximate surface area is 150 Å². The molecule has 0 aliphatic carbocycles. The minimum Gasteiger partial charge on any atom is -0.467 e. The van der Waals surface area contributed by atoms with Crippen LogP contribution in [0.2, 0.25) is 0 Å². The molecule has 0 atom stereocenters. The van der Waals surface area contributed by atoms with E-state index >= 15 is 0 Å². The van der Waals surface area contributed by atoms with Crippen LogP contribution in [0.15, 0.2) is 29.1 Å². The molecule has 0 aromatic carbocycles. The van der Waals surface area contributed by atoms with Crippen LogP contribution in [0.4, 0.5) is 0 Å². The molecule has 26 heavy (non-hydrogen) atoms. The van der Waals surface area contributed by atoms with Gasteiger partial charge in [-0.2, -0.15) is 0 Å². The first-order valence-electron chi connectivity index (χ1n) is 8.27. The first-order valence-corrected chi connectivity index (χ1v) is 8.27. The van der Waals surface area contributed by atoms with Crippen molar-refractivity contribution < 1.29 is 14.0 Å². The quantitative estimate of drug-likeness (QED) is 0.723. The van der Waals surface area contributed by atoms with Crippen molar-refractivity contribution in [2.24, 2.45) is 5.73 Å². The van der Waals surface area contributed by atoms with Gasteiger partial charge in [0.25, 0.3) is 5.91 Å². The fourth-order valence-corrected chi connectivity index (χ4v) is 3.01. The molecular formula is C18H21N5O3.